The zero-order chi connectivity index (χ0) is 14.3. The molecule has 6 heteroatoms. The molecule has 2 aliphatic rings. The molecule has 1 N–H and O–H groups in total. The Balaban J connectivity index is 1.74. The van der Waals surface area contributed by atoms with Gasteiger partial charge >= 0.3 is 5.97 Å². The van der Waals surface area contributed by atoms with Crippen molar-refractivity contribution in [2.24, 2.45) is 13.0 Å². The standard InChI is InChI=1S/C14H19N3O3/c1-16-7-12(15-8-16)14(20)17-10-2-3-11(17)5-9(4-10)6-13(18)19/h7-11H,2-6H2,1H3,(H,18,19). The van der Waals surface area contributed by atoms with Gasteiger partial charge in [-0.25, -0.2) is 4.98 Å². The molecule has 1 aromatic heterocycles. The Morgan fingerprint density at radius 2 is 2.00 bits per heavy atom. The number of hydrogen-bond donors (Lipinski definition) is 1. The highest BCUT2D eigenvalue weighted by Crippen LogP contribution is 2.40. The number of carboxylic acid groups (broad SMARTS) is 1. The molecule has 0 spiro atoms. The molecule has 2 aliphatic heterocycles. The topological polar surface area (TPSA) is 75.4 Å². The van der Waals surface area contributed by atoms with Gasteiger partial charge in [-0.05, 0) is 31.6 Å². The number of aromatic nitrogens is 2. The lowest BCUT2D eigenvalue weighted by Crippen LogP contribution is -2.47. The van der Waals surface area contributed by atoms with Gasteiger partial charge in [-0.15, -0.1) is 0 Å². The third-order valence-electron chi connectivity index (χ3n) is 4.45. The number of imidazole rings is 1. The second kappa shape index (κ2) is 4.92. The summed E-state index contributed by atoms with van der Waals surface area (Å²) in [4.78, 5) is 29.5. The lowest BCUT2D eigenvalue weighted by molar-refractivity contribution is -0.138. The zero-order valence-corrected chi connectivity index (χ0v) is 11.5. The molecule has 2 bridgehead atoms. The molecule has 0 saturated carbocycles. The second-order valence-electron chi connectivity index (χ2n) is 5.96. The summed E-state index contributed by atoms with van der Waals surface area (Å²) in [5, 5.41) is 8.92. The Morgan fingerprint density at radius 3 is 2.50 bits per heavy atom. The number of fused-ring (bicyclic) bond motifs is 2. The molecule has 1 aromatic rings. The van der Waals surface area contributed by atoms with Crippen molar-refractivity contribution < 1.29 is 14.7 Å². The number of piperidine rings is 1. The van der Waals surface area contributed by atoms with E-state index in [1.165, 1.54) is 0 Å². The van der Waals surface area contributed by atoms with Crippen LogP contribution in [-0.4, -0.2) is 43.5 Å². The van der Waals surface area contributed by atoms with E-state index >= 15 is 0 Å². The van der Waals surface area contributed by atoms with E-state index < -0.39 is 5.97 Å². The summed E-state index contributed by atoms with van der Waals surface area (Å²) in [6, 6.07) is 0.375. The van der Waals surface area contributed by atoms with Crippen molar-refractivity contribution in [3.63, 3.8) is 0 Å². The normalized spacial score (nSPS) is 28.6. The summed E-state index contributed by atoms with van der Waals surface area (Å²) in [5.41, 5.74) is 0.487. The summed E-state index contributed by atoms with van der Waals surface area (Å²) >= 11 is 0. The molecular formula is C14H19N3O3. The predicted molar refractivity (Wildman–Crippen MR) is 71.2 cm³/mol. The summed E-state index contributed by atoms with van der Waals surface area (Å²) in [7, 11) is 1.84. The van der Waals surface area contributed by atoms with E-state index in [1.54, 1.807) is 17.1 Å². The first kappa shape index (κ1) is 13.1. The van der Waals surface area contributed by atoms with Gasteiger partial charge in [-0.1, -0.05) is 0 Å². The van der Waals surface area contributed by atoms with Crippen molar-refractivity contribution in [2.75, 3.05) is 0 Å². The molecule has 2 atom stereocenters. The van der Waals surface area contributed by atoms with E-state index in [0.717, 1.165) is 25.7 Å². The molecule has 0 radical (unpaired) electrons. The van der Waals surface area contributed by atoms with Crippen LogP contribution in [0.15, 0.2) is 12.5 Å². The SMILES string of the molecule is Cn1cnc(C(=O)N2C3CCC2CC(CC(=O)O)C3)c1. The van der Waals surface area contributed by atoms with Gasteiger partial charge in [-0.3, -0.25) is 9.59 Å². The average Bonchev–Trinajstić information content (AvgIpc) is 2.91. The monoisotopic (exact) mass is 277 g/mol. The molecule has 108 valence electrons. The Labute approximate surface area is 117 Å². The van der Waals surface area contributed by atoms with Crippen molar-refractivity contribution in [2.45, 2.75) is 44.2 Å². The van der Waals surface area contributed by atoms with Gasteiger partial charge < -0.3 is 14.6 Å². The van der Waals surface area contributed by atoms with Gasteiger partial charge in [-0.2, -0.15) is 0 Å². The van der Waals surface area contributed by atoms with E-state index in [1.807, 2.05) is 11.9 Å². The first-order valence-corrected chi connectivity index (χ1v) is 7.07. The molecule has 6 nitrogen and oxygen atoms in total. The molecule has 2 saturated heterocycles. The van der Waals surface area contributed by atoms with Crippen molar-refractivity contribution >= 4 is 11.9 Å². The largest absolute Gasteiger partial charge is 0.481 e. The number of hydrogen-bond acceptors (Lipinski definition) is 3. The fraction of sp³-hybridized carbons (Fsp3) is 0.643. The Bertz CT molecular complexity index is 526. The van der Waals surface area contributed by atoms with E-state index in [-0.39, 0.29) is 30.3 Å². The third-order valence-corrected chi connectivity index (χ3v) is 4.45. The van der Waals surface area contributed by atoms with Gasteiger partial charge in [0.25, 0.3) is 5.91 Å². The number of amides is 1. The number of nitrogens with zero attached hydrogens (tertiary/aromatic N) is 3. The summed E-state index contributed by atoms with van der Waals surface area (Å²) < 4.78 is 1.77. The minimum absolute atomic E-state index is 0.00752. The van der Waals surface area contributed by atoms with Gasteiger partial charge in [0.1, 0.15) is 5.69 Å². The third kappa shape index (κ3) is 2.30. The van der Waals surface area contributed by atoms with Crippen molar-refractivity contribution in [3.05, 3.63) is 18.2 Å². The van der Waals surface area contributed by atoms with Crippen molar-refractivity contribution in [1.82, 2.24) is 14.5 Å². The first-order chi connectivity index (χ1) is 9.54. The van der Waals surface area contributed by atoms with Gasteiger partial charge in [0.2, 0.25) is 0 Å². The Hall–Kier alpha value is -1.85. The molecule has 3 heterocycles. The molecule has 1 amide bonds. The second-order valence-corrected chi connectivity index (χ2v) is 5.96. The highest BCUT2D eigenvalue weighted by Gasteiger charge is 2.44. The van der Waals surface area contributed by atoms with E-state index in [4.69, 9.17) is 5.11 Å². The van der Waals surface area contributed by atoms with Crippen LogP contribution in [0.5, 0.6) is 0 Å². The van der Waals surface area contributed by atoms with Crippen LogP contribution >= 0.6 is 0 Å². The molecule has 2 unspecified atom stereocenters. The fourth-order valence-electron chi connectivity index (χ4n) is 3.69. The van der Waals surface area contributed by atoms with E-state index in [9.17, 15) is 9.59 Å². The highest BCUT2D eigenvalue weighted by molar-refractivity contribution is 5.92. The predicted octanol–water partition coefficient (Wildman–Crippen LogP) is 1.28. The van der Waals surface area contributed by atoms with E-state index in [2.05, 4.69) is 4.98 Å². The molecule has 0 aromatic carbocycles. The van der Waals surface area contributed by atoms with Crippen LogP contribution in [0.25, 0.3) is 0 Å². The summed E-state index contributed by atoms with van der Waals surface area (Å²) in [5.74, 6) is -0.538. The smallest absolute Gasteiger partial charge is 0.303 e. The van der Waals surface area contributed by atoms with Gasteiger partial charge in [0, 0.05) is 31.7 Å². The van der Waals surface area contributed by atoms with Gasteiger partial charge in [0.05, 0.1) is 6.33 Å². The van der Waals surface area contributed by atoms with Crippen LogP contribution in [0.4, 0.5) is 0 Å². The lowest BCUT2D eigenvalue weighted by Gasteiger charge is -2.38. The van der Waals surface area contributed by atoms with Crippen molar-refractivity contribution in [3.8, 4) is 0 Å². The lowest BCUT2D eigenvalue weighted by atomic mass is 9.88. The Kier molecular flexibility index (Phi) is 3.23. The average molecular weight is 277 g/mol. The number of carboxylic acids is 1. The van der Waals surface area contributed by atoms with Crippen molar-refractivity contribution in [1.29, 1.82) is 0 Å². The molecule has 0 aliphatic carbocycles. The molecule has 20 heavy (non-hydrogen) atoms. The number of aliphatic carboxylic acids is 1. The summed E-state index contributed by atoms with van der Waals surface area (Å²) in [6.07, 6.45) is 7.18. The molecule has 3 rings (SSSR count). The minimum atomic E-state index is -0.737. The number of rotatable bonds is 3. The first-order valence-electron chi connectivity index (χ1n) is 7.07. The van der Waals surface area contributed by atoms with Crippen LogP contribution < -0.4 is 0 Å². The maximum absolute atomic E-state index is 12.5. The maximum Gasteiger partial charge on any atom is 0.303 e. The molecule has 2 fully saturated rings. The quantitative estimate of drug-likeness (QED) is 0.903. The number of carbonyl (C=O) groups excluding carboxylic acids is 1. The minimum Gasteiger partial charge on any atom is -0.481 e. The molecular weight excluding hydrogens is 258 g/mol. The summed E-state index contributed by atoms with van der Waals surface area (Å²) in [6.45, 7) is 0. The number of aryl methyl sites for hydroxylation is 1. The number of carbonyl (C=O) groups is 2. The fourth-order valence-corrected chi connectivity index (χ4v) is 3.69. The highest BCUT2D eigenvalue weighted by atomic mass is 16.4. The maximum atomic E-state index is 12.5. The van der Waals surface area contributed by atoms with E-state index in [0.29, 0.717) is 5.69 Å². The van der Waals surface area contributed by atoms with Gasteiger partial charge in [0.15, 0.2) is 0 Å². The zero-order valence-electron chi connectivity index (χ0n) is 11.5. The Morgan fingerprint density at radius 1 is 1.35 bits per heavy atom. The van der Waals surface area contributed by atoms with Crippen LogP contribution in [-0.2, 0) is 11.8 Å². The van der Waals surface area contributed by atoms with Crippen LogP contribution in [0.3, 0.4) is 0 Å². The van der Waals surface area contributed by atoms with Crippen LogP contribution in [0.2, 0.25) is 0 Å². The van der Waals surface area contributed by atoms with Crippen LogP contribution in [0, 0.1) is 5.92 Å². The van der Waals surface area contributed by atoms with Crippen LogP contribution in [0.1, 0.15) is 42.6 Å².